The second-order valence-corrected chi connectivity index (χ2v) is 14.2. The molecular weight excluding hydrogens is 775 g/mol. The molecule has 1 amide bonds. The van der Waals surface area contributed by atoms with Crippen molar-refractivity contribution >= 4 is 34.9 Å². The van der Waals surface area contributed by atoms with Crippen molar-refractivity contribution in [2.45, 2.75) is 75.0 Å². The van der Waals surface area contributed by atoms with Crippen LogP contribution in [0.4, 0.5) is 26.3 Å². The first-order valence-electron chi connectivity index (χ1n) is 17.0. The Morgan fingerprint density at radius 2 is 1.24 bits per heavy atom. The fourth-order valence-corrected chi connectivity index (χ4v) is 6.98. The highest BCUT2D eigenvalue weighted by Crippen LogP contribution is 2.48. The van der Waals surface area contributed by atoms with Crippen molar-refractivity contribution in [1.29, 1.82) is 0 Å². The maximum Gasteiger partial charge on any atom is 0.315 e. The highest BCUT2D eigenvalue weighted by Gasteiger charge is 2.42. The molecular formula is C37H31Cl2F6N7O3. The number of halogens is 8. The van der Waals surface area contributed by atoms with E-state index in [0.717, 1.165) is 38.5 Å². The zero-order chi connectivity index (χ0) is 39.3. The number of hydrogen-bond acceptors (Lipinski definition) is 9. The van der Waals surface area contributed by atoms with E-state index < -0.39 is 42.4 Å². The smallest absolute Gasteiger partial charge is 0.315 e. The molecule has 0 radical (unpaired) electrons. The second kappa shape index (κ2) is 16.8. The fourth-order valence-electron chi connectivity index (χ4n) is 6.64. The summed E-state index contributed by atoms with van der Waals surface area (Å²) < 4.78 is 82.9. The molecule has 3 heterocycles. The molecule has 0 saturated heterocycles. The van der Waals surface area contributed by atoms with Crippen LogP contribution in [0, 0.1) is 11.6 Å². The summed E-state index contributed by atoms with van der Waals surface area (Å²) in [5, 5.41) is 9.62. The number of rotatable bonds is 12. The molecule has 2 aliphatic rings. The number of ketones is 1. The van der Waals surface area contributed by atoms with Gasteiger partial charge in [-0.25, -0.2) is 28.7 Å². The van der Waals surface area contributed by atoms with E-state index in [1.54, 1.807) is 12.1 Å². The number of carbonyl (C=O) groups is 2. The SMILES string of the molecule is Fc1ccc(Cl)cc1C1(Cc2ncc(-c3nnc(C(F)F)o3)cn2)CCC1.O=C(CNC(=O)C(F)F)c1cnc(CC2(c3cc(Cl)ccc3F)CCC2)nc1. The molecule has 2 aromatic carbocycles. The number of Topliss-reactive ketones (excluding diaryl/α,β-unsaturated/α-hetero) is 1. The molecule has 1 N–H and O–H groups in total. The van der Waals surface area contributed by atoms with Gasteiger partial charge in [0.15, 0.2) is 5.78 Å². The van der Waals surface area contributed by atoms with Gasteiger partial charge in [0.1, 0.15) is 23.3 Å². The average molecular weight is 807 g/mol. The van der Waals surface area contributed by atoms with E-state index in [9.17, 15) is 35.9 Å². The van der Waals surface area contributed by atoms with Crippen LogP contribution in [0.25, 0.3) is 11.5 Å². The summed E-state index contributed by atoms with van der Waals surface area (Å²) in [4.78, 5) is 39.6. The normalized spacial score (nSPS) is 15.5. The molecule has 55 heavy (non-hydrogen) atoms. The zero-order valence-corrected chi connectivity index (χ0v) is 30.2. The van der Waals surface area contributed by atoms with Gasteiger partial charge in [0.25, 0.3) is 17.7 Å². The number of aromatic nitrogens is 6. The number of nitrogens with one attached hydrogen (secondary N) is 1. The van der Waals surface area contributed by atoms with Crippen LogP contribution < -0.4 is 5.32 Å². The second-order valence-electron chi connectivity index (χ2n) is 13.3. The third-order valence-corrected chi connectivity index (χ3v) is 10.3. The van der Waals surface area contributed by atoms with E-state index >= 15 is 0 Å². The molecule has 2 aliphatic carbocycles. The molecule has 3 aromatic heterocycles. The van der Waals surface area contributed by atoms with Crippen LogP contribution in [0.2, 0.25) is 10.0 Å². The van der Waals surface area contributed by atoms with Crippen LogP contribution >= 0.6 is 23.2 Å². The summed E-state index contributed by atoms with van der Waals surface area (Å²) >= 11 is 12.1. The molecule has 2 fully saturated rings. The van der Waals surface area contributed by atoms with E-state index in [1.165, 1.54) is 49.1 Å². The topological polar surface area (TPSA) is 137 Å². The summed E-state index contributed by atoms with van der Waals surface area (Å²) in [6.45, 7) is -0.566. The third-order valence-electron chi connectivity index (χ3n) is 9.84. The minimum Gasteiger partial charge on any atom is -0.415 e. The molecule has 5 aromatic rings. The van der Waals surface area contributed by atoms with Crippen LogP contribution in [0.1, 0.15) is 84.0 Å². The number of alkyl halides is 4. The number of benzene rings is 2. The standard InChI is InChI=1S/C19H17ClF3N3O2.C18H14ClF3N4O/c20-12-2-3-14(21)13(6-12)19(4-1-5-19)7-16-24-8-11(9-25-16)15(27)10-26-18(28)17(22)23;19-11-2-3-13(20)12(6-11)18(4-1-5-18)7-14-23-8-10(9-24-14)16-25-26-17(27-16)15(21)22/h2-3,6,8-9,17H,1,4-5,7,10H2,(H,26,28);2-3,6,8-9,15H,1,4-5,7H2. The Morgan fingerprint density at radius 3 is 1.65 bits per heavy atom. The van der Waals surface area contributed by atoms with Crippen LogP contribution in [-0.2, 0) is 28.5 Å². The summed E-state index contributed by atoms with van der Waals surface area (Å²) in [5.41, 5.74) is 0.719. The quantitative estimate of drug-likeness (QED) is 0.0974. The first-order valence-corrected chi connectivity index (χ1v) is 17.8. The Hall–Kier alpha value is -4.96. The number of amides is 1. The van der Waals surface area contributed by atoms with Crippen LogP contribution in [0.5, 0.6) is 0 Å². The van der Waals surface area contributed by atoms with Gasteiger partial charge in [-0.3, -0.25) is 9.59 Å². The van der Waals surface area contributed by atoms with Crippen molar-refractivity contribution in [3.05, 3.63) is 117 Å². The van der Waals surface area contributed by atoms with Crippen molar-refractivity contribution in [1.82, 2.24) is 35.5 Å². The lowest BCUT2D eigenvalue weighted by Gasteiger charge is -2.42. The van der Waals surface area contributed by atoms with Crippen molar-refractivity contribution in [3.63, 3.8) is 0 Å². The Bertz CT molecular complexity index is 2150. The van der Waals surface area contributed by atoms with Gasteiger partial charge < -0.3 is 9.73 Å². The Kier molecular flexibility index (Phi) is 12.1. The van der Waals surface area contributed by atoms with E-state index in [0.29, 0.717) is 51.2 Å². The van der Waals surface area contributed by atoms with Crippen LogP contribution in [0.15, 0.2) is 65.6 Å². The minimum absolute atomic E-state index is 0.0731. The van der Waals surface area contributed by atoms with Gasteiger partial charge in [0.2, 0.25) is 0 Å². The molecule has 0 bridgehead atoms. The van der Waals surface area contributed by atoms with E-state index in [2.05, 4.69) is 30.1 Å². The monoisotopic (exact) mass is 805 g/mol. The van der Waals surface area contributed by atoms with E-state index in [1.807, 2.05) is 5.32 Å². The molecule has 0 unspecified atom stereocenters. The highest BCUT2D eigenvalue weighted by atomic mass is 35.5. The summed E-state index contributed by atoms with van der Waals surface area (Å²) in [7, 11) is 0. The first kappa shape index (κ1) is 39.7. The lowest BCUT2D eigenvalue weighted by atomic mass is 9.62. The van der Waals surface area contributed by atoms with Crippen molar-refractivity contribution in [3.8, 4) is 11.5 Å². The Labute approximate surface area is 320 Å². The molecule has 0 aliphatic heterocycles. The van der Waals surface area contributed by atoms with Crippen molar-refractivity contribution in [2.75, 3.05) is 6.54 Å². The van der Waals surface area contributed by atoms with Gasteiger partial charge in [-0.1, -0.05) is 36.0 Å². The predicted molar refractivity (Wildman–Crippen MR) is 187 cm³/mol. The Balaban J connectivity index is 0.000000187. The molecule has 18 heteroatoms. The largest absolute Gasteiger partial charge is 0.415 e. The number of carbonyl (C=O) groups excluding carboxylic acids is 2. The maximum absolute atomic E-state index is 14.4. The summed E-state index contributed by atoms with van der Waals surface area (Å²) in [6, 6.07) is 9.02. The van der Waals surface area contributed by atoms with Gasteiger partial charge in [0.05, 0.1) is 17.7 Å². The molecule has 0 spiro atoms. The van der Waals surface area contributed by atoms with Gasteiger partial charge in [-0.2, -0.15) is 17.6 Å². The molecule has 2 saturated carbocycles. The van der Waals surface area contributed by atoms with Crippen LogP contribution in [0.3, 0.4) is 0 Å². The lowest BCUT2D eigenvalue weighted by molar-refractivity contribution is -0.131. The minimum atomic E-state index is -3.18. The average Bonchev–Trinajstić information content (AvgIpc) is 3.64. The van der Waals surface area contributed by atoms with Gasteiger partial charge in [-0.05, 0) is 73.2 Å². The molecule has 7 rings (SSSR count). The molecule has 288 valence electrons. The fraction of sp³-hybridized carbons (Fsp3) is 0.351. The van der Waals surface area contributed by atoms with Gasteiger partial charge >= 0.3 is 12.9 Å². The van der Waals surface area contributed by atoms with E-state index in [-0.39, 0.29) is 28.5 Å². The van der Waals surface area contributed by atoms with Crippen molar-refractivity contribution < 1.29 is 40.3 Å². The zero-order valence-electron chi connectivity index (χ0n) is 28.7. The Morgan fingerprint density at radius 1 is 0.745 bits per heavy atom. The third kappa shape index (κ3) is 9.13. The molecule has 10 nitrogen and oxygen atoms in total. The maximum atomic E-state index is 14.4. The van der Waals surface area contributed by atoms with Gasteiger partial charge in [-0.15, -0.1) is 10.2 Å². The first-order chi connectivity index (χ1) is 26.3. The summed E-state index contributed by atoms with van der Waals surface area (Å²) in [6.07, 6.45) is 5.37. The van der Waals surface area contributed by atoms with E-state index in [4.69, 9.17) is 27.6 Å². The highest BCUT2D eigenvalue weighted by molar-refractivity contribution is 6.31. The molecule has 0 atom stereocenters. The predicted octanol–water partition coefficient (Wildman–Crippen LogP) is 8.42. The van der Waals surface area contributed by atoms with Gasteiger partial charge in [0, 0.05) is 58.5 Å². The lowest BCUT2D eigenvalue weighted by Crippen LogP contribution is -2.38. The van der Waals surface area contributed by atoms with Crippen molar-refractivity contribution in [2.24, 2.45) is 0 Å². The number of nitrogens with zero attached hydrogens (tertiary/aromatic N) is 6. The van der Waals surface area contributed by atoms with Crippen LogP contribution in [-0.4, -0.2) is 54.8 Å². The number of hydrogen-bond donors (Lipinski definition) is 1. The summed E-state index contributed by atoms with van der Waals surface area (Å²) in [5.74, 6) is -2.58.